The Bertz CT molecular complexity index is 742. The summed E-state index contributed by atoms with van der Waals surface area (Å²) in [6.45, 7) is 0.234. The molecule has 2 rings (SSSR count). The minimum atomic E-state index is -0.386. The van der Waals surface area contributed by atoms with Crippen molar-refractivity contribution < 1.29 is 9.18 Å². The molecule has 0 bridgehead atoms. The van der Waals surface area contributed by atoms with Gasteiger partial charge in [-0.15, -0.1) is 11.8 Å². The molecule has 0 fully saturated rings. The van der Waals surface area contributed by atoms with Crippen LogP contribution in [0.4, 0.5) is 10.1 Å². The molecule has 0 radical (unpaired) electrons. The van der Waals surface area contributed by atoms with Gasteiger partial charge in [0.1, 0.15) is 5.82 Å². The smallest absolute Gasteiger partial charge is 0.237 e. The Morgan fingerprint density at radius 3 is 2.38 bits per heavy atom. The average molecular weight is 383 g/mol. The van der Waals surface area contributed by atoms with Gasteiger partial charge in [-0.05, 0) is 36.4 Å². The number of anilines is 1. The van der Waals surface area contributed by atoms with E-state index in [9.17, 15) is 9.18 Å². The molecule has 3 nitrogen and oxygen atoms in total. The van der Waals surface area contributed by atoms with E-state index in [4.69, 9.17) is 28.5 Å². The molecule has 1 amide bonds. The van der Waals surface area contributed by atoms with Crippen molar-refractivity contribution in [2.24, 2.45) is 0 Å². The van der Waals surface area contributed by atoms with Crippen LogP contribution in [0.15, 0.2) is 47.4 Å². The number of hydrogen-bond acceptors (Lipinski definition) is 3. The van der Waals surface area contributed by atoms with E-state index in [0.29, 0.717) is 20.6 Å². The first kappa shape index (κ1) is 18.6. The number of nitriles is 1. The zero-order valence-corrected chi connectivity index (χ0v) is 14.8. The monoisotopic (exact) mass is 382 g/mol. The number of halogens is 3. The maximum atomic E-state index is 13.1. The van der Waals surface area contributed by atoms with Crippen LogP contribution in [-0.2, 0) is 4.79 Å². The highest BCUT2D eigenvalue weighted by Gasteiger charge is 2.17. The Balaban J connectivity index is 2.13. The SMILES string of the molecule is N#CCCN(C(=O)CSc1c(Cl)cccc1Cl)c1ccc(F)cc1. The van der Waals surface area contributed by atoms with Crippen molar-refractivity contribution in [3.63, 3.8) is 0 Å². The summed E-state index contributed by atoms with van der Waals surface area (Å²) in [7, 11) is 0. The Kier molecular flexibility index (Phi) is 6.92. The van der Waals surface area contributed by atoms with Gasteiger partial charge in [-0.3, -0.25) is 4.79 Å². The highest BCUT2D eigenvalue weighted by atomic mass is 35.5. The zero-order chi connectivity index (χ0) is 17.5. The number of hydrogen-bond donors (Lipinski definition) is 0. The van der Waals surface area contributed by atoms with Crippen LogP contribution in [0.5, 0.6) is 0 Å². The van der Waals surface area contributed by atoms with Crippen molar-refractivity contribution in [2.75, 3.05) is 17.2 Å². The van der Waals surface area contributed by atoms with Gasteiger partial charge >= 0.3 is 0 Å². The normalized spacial score (nSPS) is 10.2. The van der Waals surface area contributed by atoms with Crippen molar-refractivity contribution in [1.82, 2.24) is 0 Å². The van der Waals surface area contributed by atoms with Gasteiger partial charge in [-0.2, -0.15) is 5.26 Å². The summed E-state index contributed by atoms with van der Waals surface area (Å²) in [5.41, 5.74) is 0.544. The lowest BCUT2D eigenvalue weighted by molar-refractivity contribution is -0.116. The Morgan fingerprint density at radius 2 is 1.79 bits per heavy atom. The third-order valence-corrected chi connectivity index (χ3v) is 5.12. The summed E-state index contributed by atoms with van der Waals surface area (Å²) in [6, 6.07) is 12.7. The second-order valence-electron chi connectivity index (χ2n) is 4.77. The molecule has 0 spiro atoms. The molecule has 0 aliphatic heterocycles. The molecule has 24 heavy (non-hydrogen) atoms. The lowest BCUT2D eigenvalue weighted by atomic mass is 10.2. The zero-order valence-electron chi connectivity index (χ0n) is 12.5. The maximum Gasteiger partial charge on any atom is 0.237 e. The highest BCUT2D eigenvalue weighted by Crippen LogP contribution is 2.34. The quantitative estimate of drug-likeness (QED) is 0.647. The Morgan fingerprint density at radius 1 is 1.17 bits per heavy atom. The summed E-state index contributed by atoms with van der Waals surface area (Å²) in [5.74, 6) is -0.492. The fourth-order valence-electron chi connectivity index (χ4n) is 2.01. The van der Waals surface area contributed by atoms with E-state index < -0.39 is 0 Å². The molecule has 2 aromatic rings. The third kappa shape index (κ3) is 4.88. The van der Waals surface area contributed by atoms with Gasteiger partial charge in [0.2, 0.25) is 5.91 Å². The van der Waals surface area contributed by atoms with Gasteiger partial charge in [0.15, 0.2) is 0 Å². The average Bonchev–Trinajstić information content (AvgIpc) is 2.56. The molecule has 0 aliphatic rings. The molecule has 0 atom stereocenters. The molecule has 0 saturated heterocycles. The first-order valence-corrected chi connectivity index (χ1v) is 8.76. The topological polar surface area (TPSA) is 44.1 Å². The number of carbonyl (C=O) groups excluding carboxylic acids is 1. The Labute approximate surface area is 154 Å². The van der Waals surface area contributed by atoms with Gasteiger partial charge < -0.3 is 4.90 Å². The van der Waals surface area contributed by atoms with E-state index in [0.717, 1.165) is 0 Å². The highest BCUT2D eigenvalue weighted by molar-refractivity contribution is 8.00. The number of benzene rings is 2. The van der Waals surface area contributed by atoms with Gasteiger partial charge in [-0.1, -0.05) is 29.3 Å². The van der Waals surface area contributed by atoms with Gasteiger partial charge in [-0.25, -0.2) is 4.39 Å². The van der Waals surface area contributed by atoms with Crippen LogP contribution in [0.3, 0.4) is 0 Å². The van der Waals surface area contributed by atoms with E-state index in [2.05, 4.69) is 0 Å². The second-order valence-corrected chi connectivity index (χ2v) is 6.57. The van der Waals surface area contributed by atoms with E-state index in [1.165, 1.54) is 40.9 Å². The van der Waals surface area contributed by atoms with Crippen LogP contribution in [0.1, 0.15) is 6.42 Å². The van der Waals surface area contributed by atoms with Crippen LogP contribution >= 0.6 is 35.0 Å². The molecule has 2 aromatic carbocycles. The predicted octanol–water partition coefficient (Wildman–Crippen LogP) is 5.17. The summed E-state index contributed by atoms with van der Waals surface area (Å²) >= 11 is 13.4. The van der Waals surface area contributed by atoms with Gasteiger partial charge in [0.05, 0.1) is 28.3 Å². The van der Waals surface area contributed by atoms with Crippen LogP contribution in [-0.4, -0.2) is 18.2 Å². The number of thioether (sulfide) groups is 1. The first-order chi connectivity index (χ1) is 11.5. The first-order valence-electron chi connectivity index (χ1n) is 7.02. The third-order valence-electron chi connectivity index (χ3n) is 3.15. The second kappa shape index (κ2) is 8.93. The summed E-state index contributed by atoms with van der Waals surface area (Å²) < 4.78 is 13.1. The Hall–Kier alpha value is -1.74. The molecule has 0 N–H and O–H groups in total. The van der Waals surface area contributed by atoms with E-state index in [1.807, 2.05) is 6.07 Å². The van der Waals surface area contributed by atoms with E-state index in [-0.39, 0.29) is 30.4 Å². The van der Waals surface area contributed by atoms with Crippen LogP contribution in [0, 0.1) is 17.1 Å². The maximum absolute atomic E-state index is 13.1. The number of carbonyl (C=O) groups is 1. The lowest BCUT2D eigenvalue weighted by Gasteiger charge is -2.22. The van der Waals surface area contributed by atoms with E-state index in [1.54, 1.807) is 18.2 Å². The molecular weight excluding hydrogens is 370 g/mol. The molecule has 124 valence electrons. The summed E-state index contributed by atoms with van der Waals surface area (Å²) in [6.07, 6.45) is 0.181. The van der Waals surface area contributed by atoms with Crippen molar-refractivity contribution in [1.29, 1.82) is 5.26 Å². The minimum absolute atomic E-state index is 0.103. The lowest BCUT2D eigenvalue weighted by Crippen LogP contribution is -2.33. The molecule has 0 aliphatic carbocycles. The minimum Gasteiger partial charge on any atom is -0.311 e. The van der Waals surface area contributed by atoms with Crippen molar-refractivity contribution in [2.45, 2.75) is 11.3 Å². The fourth-order valence-corrected chi connectivity index (χ4v) is 3.57. The molecule has 0 saturated carbocycles. The van der Waals surface area contributed by atoms with Crippen molar-refractivity contribution in [3.05, 3.63) is 58.3 Å². The van der Waals surface area contributed by atoms with Gasteiger partial charge in [0, 0.05) is 17.1 Å². The molecule has 7 heteroatoms. The number of rotatable bonds is 6. The molecule has 0 aromatic heterocycles. The van der Waals surface area contributed by atoms with Crippen LogP contribution in [0.2, 0.25) is 10.0 Å². The van der Waals surface area contributed by atoms with E-state index >= 15 is 0 Å². The largest absolute Gasteiger partial charge is 0.311 e. The van der Waals surface area contributed by atoms with Crippen molar-refractivity contribution >= 4 is 46.6 Å². The number of amides is 1. The predicted molar refractivity (Wildman–Crippen MR) is 96.2 cm³/mol. The summed E-state index contributed by atoms with van der Waals surface area (Å²) in [5, 5.41) is 9.74. The van der Waals surface area contributed by atoms with Crippen LogP contribution < -0.4 is 4.90 Å². The fraction of sp³-hybridized carbons (Fsp3) is 0.176. The molecule has 0 heterocycles. The van der Waals surface area contributed by atoms with Crippen LogP contribution in [0.25, 0.3) is 0 Å². The molecular formula is C17H13Cl2FN2OS. The molecule has 0 unspecified atom stereocenters. The standard InChI is InChI=1S/C17H13Cl2FN2OS/c18-14-3-1-4-15(19)17(14)24-11-16(23)22(10-2-9-21)13-7-5-12(20)6-8-13/h1,3-8H,2,10-11H2. The van der Waals surface area contributed by atoms with Gasteiger partial charge in [0.25, 0.3) is 0 Å². The number of nitrogens with zero attached hydrogens (tertiary/aromatic N) is 2. The summed E-state index contributed by atoms with van der Waals surface area (Å²) in [4.78, 5) is 14.6. The van der Waals surface area contributed by atoms with Crippen molar-refractivity contribution in [3.8, 4) is 6.07 Å².